The maximum absolute atomic E-state index is 12.4. The SMILES string of the molecule is CCc1ccc(C(=O)C2(C(=O)OC)COC2)cc1. The molecule has 1 heterocycles. The van der Waals surface area contributed by atoms with Crippen molar-refractivity contribution in [3.8, 4) is 0 Å². The standard InChI is InChI=1S/C14H16O4/c1-3-10-4-6-11(7-5-10)12(15)14(8-18-9-14)13(16)17-2/h4-7H,3,8-9H2,1-2H3. The third kappa shape index (κ3) is 1.93. The van der Waals surface area contributed by atoms with E-state index in [4.69, 9.17) is 9.47 Å². The van der Waals surface area contributed by atoms with E-state index in [1.807, 2.05) is 19.1 Å². The quantitative estimate of drug-likeness (QED) is 0.461. The Labute approximate surface area is 106 Å². The highest BCUT2D eigenvalue weighted by Gasteiger charge is 2.53. The van der Waals surface area contributed by atoms with Gasteiger partial charge in [0.2, 0.25) is 0 Å². The summed E-state index contributed by atoms with van der Waals surface area (Å²) in [5.41, 5.74) is 0.548. The number of benzene rings is 1. The second kappa shape index (κ2) is 4.90. The van der Waals surface area contributed by atoms with Crippen LogP contribution in [0.4, 0.5) is 0 Å². The number of Topliss-reactive ketones (excluding diaryl/α,β-unsaturated/α-hetero) is 1. The Hall–Kier alpha value is -1.68. The molecule has 1 fully saturated rings. The van der Waals surface area contributed by atoms with E-state index in [1.165, 1.54) is 7.11 Å². The molecule has 4 heteroatoms. The van der Waals surface area contributed by atoms with E-state index < -0.39 is 11.4 Å². The number of carbonyl (C=O) groups excluding carboxylic acids is 2. The molecule has 0 radical (unpaired) electrons. The number of rotatable bonds is 4. The lowest BCUT2D eigenvalue weighted by Gasteiger charge is -2.36. The number of aryl methyl sites for hydroxylation is 1. The van der Waals surface area contributed by atoms with Crippen molar-refractivity contribution in [3.05, 3.63) is 35.4 Å². The van der Waals surface area contributed by atoms with Crippen LogP contribution in [-0.2, 0) is 20.7 Å². The Kier molecular flexibility index (Phi) is 3.48. The van der Waals surface area contributed by atoms with Crippen LogP contribution >= 0.6 is 0 Å². The molecule has 1 saturated heterocycles. The van der Waals surface area contributed by atoms with Crippen molar-refractivity contribution in [1.82, 2.24) is 0 Å². The highest BCUT2D eigenvalue weighted by molar-refractivity contribution is 6.13. The van der Waals surface area contributed by atoms with Crippen LogP contribution in [0.5, 0.6) is 0 Å². The van der Waals surface area contributed by atoms with Crippen LogP contribution in [0.3, 0.4) is 0 Å². The zero-order chi connectivity index (χ0) is 13.2. The van der Waals surface area contributed by atoms with Gasteiger partial charge in [-0.15, -0.1) is 0 Å². The first-order valence-corrected chi connectivity index (χ1v) is 5.94. The van der Waals surface area contributed by atoms with Crippen molar-refractivity contribution in [2.45, 2.75) is 13.3 Å². The second-order valence-electron chi connectivity index (χ2n) is 4.45. The highest BCUT2D eigenvalue weighted by atomic mass is 16.5. The van der Waals surface area contributed by atoms with Gasteiger partial charge in [0.05, 0.1) is 20.3 Å². The minimum atomic E-state index is -1.14. The molecule has 0 aromatic heterocycles. The molecule has 0 aliphatic carbocycles. The predicted octanol–water partition coefficient (Wildman–Crippen LogP) is 1.62. The molecule has 0 N–H and O–H groups in total. The summed E-state index contributed by atoms with van der Waals surface area (Å²) in [6.07, 6.45) is 0.916. The Bertz CT molecular complexity index is 457. The molecular formula is C14H16O4. The maximum atomic E-state index is 12.4. The molecule has 0 bridgehead atoms. The van der Waals surface area contributed by atoms with Crippen LogP contribution < -0.4 is 0 Å². The van der Waals surface area contributed by atoms with Crippen LogP contribution in [0.1, 0.15) is 22.8 Å². The van der Waals surface area contributed by atoms with E-state index in [0.717, 1.165) is 12.0 Å². The van der Waals surface area contributed by atoms with Gasteiger partial charge in [-0.25, -0.2) is 0 Å². The lowest BCUT2D eigenvalue weighted by Crippen LogP contribution is -2.55. The highest BCUT2D eigenvalue weighted by Crippen LogP contribution is 2.33. The first-order valence-electron chi connectivity index (χ1n) is 5.94. The Morgan fingerprint density at radius 2 is 1.89 bits per heavy atom. The number of ketones is 1. The normalized spacial score (nSPS) is 16.8. The maximum Gasteiger partial charge on any atom is 0.324 e. The summed E-state index contributed by atoms with van der Waals surface area (Å²) in [4.78, 5) is 24.1. The average molecular weight is 248 g/mol. The average Bonchev–Trinajstić information content (AvgIpc) is 2.37. The predicted molar refractivity (Wildman–Crippen MR) is 65.4 cm³/mol. The van der Waals surface area contributed by atoms with Gasteiger partial charge in [-0.2, -0.15) is 0 Å². The molecule has 96 valence electrons. The lowest BCUT2D eigenvalue weighted by molar-refractivity contribution is -0.172. The van der Waals surface area contributed by atoms with Gasteiger partial charge < -0.3 is 9.47 Å². The molecular weight excluding hydrogens is 232 g/mol. The fourth-order valence-electron chi connectivity index (χ4n) is 2.01. The van der Waals surface area contributed by atoms with Gasteiger partial charge in [0.1, 0.15) is 0 Å². The minimum absolute atomic E-state index is 0.105. The smallest absolute Gasteiger partial charge is 0.324 e. The number of hydrogen-bond donors (Lipinski definition) is 0. The van der Waals surface area contributed by atoms with Crippen LogP contribution in [0.15, 0.2) is 24.3 Å². The zero-order valence-corrected chi connectivity index (χ0v) is 10.6. The minimum Gasteiger partial charge on any atom is -0.468 e. The monoisotopic (exact) mass is 248 g/mol. The summed E-state index contributed by atoms with van der Waals surface area (Å²) in [5.74, 6) is -0.735. The summed E-state index contributed by atoms with van der Waals surface area (Å²) >= 11 is 0. The largest absolute Gasteiger partial charge is 0.468 e. The fraction of sp³-hybridized carbons (Fsp3) is 0.429. The number of ether oxygens (including phenoxy) is 2. The molecule has 0 atom stereocenters. The number of esters is 1. The first kappa shape index (κ1) is 12.8. The van der Waals surface area contributed by atoms with Gasteiger partial charge in [0.25, 0.3) is 0 Å². The van der Waals surface area contributed by atoms with Crippen molar-refractivity contribution < 1.29 is 19.1 Å². The van der Waals surface area contributed by atoms with E-state index in [0.29, 0.717) is 5.56 Å². The van der Waals surface area contributed by atoms with Gasteiger partial charge >= 0.3 is 5.97 Å². The van der Waals surface area contributed by atoms with Gasteiger partial charge in [0.15, 0.2) is 11.2 Å². The van der Waals surface area contributed by atoms with E-state index in [2.05, 4.69) is 0 Å². The Balaban J connectivity index is 2.26. The molecule has 4 nitrogen and oxygen atoms in total. The van der Waals surface area contributed by atoms with Gasteiger partial charge in [0, 0.05) is 5.56 Å². The summed E-state index contributed by atoms with van der Waals surface area (Å²) in [5, 5.41) is 0. The number of methoxy groups -OCH3 is 1. The van der Waals surface area contributed by atoms with Crippen molar-refractivity contribution in [2.24, 2.45) is 5.41 Å². The Morgan fingerprint density at radius 1 is 1.28 bits per heavy atom. The summed E-state index contributed by atoms with van der Waals surface area (Å²) in [6, 6.07) is 7.31. The van der Waals surface area contributed by atoms with Crippen LogP contribution in [0.25, 0.3) is 0 Å². The van der Waals surface area contributed by atoms with Gasteiger partial charge in [-0.1, -0.05) is 31.2 Å². The van der Waals surface area contributed by atoms with Crippen LogP contribution in [-0.4, -0.2) is 32.1 Å². The Morgan fingerprint density at radius 3 is 2.28 bits per heavy atom. The van der Waals surface area contributed by atoms with Crippen molar-refractivity contribution >= 4 is 11.8 Å². The molecule has 1 aromatic rings. The summed E-state index contributed by atoms with van der Waals surface area (Å²) in [6.45, 7) is 2.26. The van der Waals surface area contributed by atoms with Crippen LogP contribution in [0, 0.1) is 5.41 Å². The van der Waals surface area contributed by atoms with Crippen molar-refractivity contribution in [3.63, 3.8) is 0 Å². The van der Waals surface area contributed by atoms with Crippen LogP contribution in [0.2, 0.25) is 0 Å². The fourth-order valence-corrected chi connectivity index (χ4v) is 2.01. The molecule has 0 saturated carbocycles. The second-order valence-corrected chi connectivity index (χ2v) is 4.45. The van der Waals surface area contributed by atoms with E-state index in [-0.39, 0.29) is 19.0 Å². The molecule has 18 heavy (non-hydrogen) atoms. The lowest BCUT2D eigenvalue weighted by atomic mass is 9.78. The molecule has 0 spiro atoms. The molecule has 0 unspecified atom stereocenters. The van der Waals surface area contributed by atoms with Crippen molar-refractivity contribution in [2.75, 3.05) is 20.3 Å². The zero-order valence-electron chi connectivity index (χ0n) is 10.6. The van der Waals surface area contributed by atoms with E-state index in [1.54, 1.807) is 12.1 Å². The molecule has 0 amide bonds. The molecule has 1 aliphatic heterocycles. The van der Waals surface area contributed by atoms with E-state index >= 15 is 0 Å². The molecule has 1 aromatic carbocycles. The summed E-state index contributed by atoms with van der Waals surface area (Å²) < 4.78 is 9.73. The molecule has 1 aliphatic rings. The number of carbonyl (C=O) groups is 2. The topological polar surface area (TPSA) is 52.6 Å². The van der Waals surface area contributed by atoms with Gasteiger partial charge in [-0.3, -0.25) is 9.59 Å². The third-order valence-electron chi connectivity index (χ3n) is 3.33. The summed E-state index contributed by atoms with van der Waals surface area (Å²) in [7, 11) is 1.29. The van der Waals surface area contributed by atoms with E-state index in [9.17, 15) is 9.59 Å². The molecule has 2 rings (SSSR count). The van der Waals surface area contributed by atoms with Gasteiger partial charge in [-0.05, 0) is 12.0 Å². The number of hydrogen-bond acceptors (Lipinski definition) is 4. The third-order valence-corrected chi connectivity index (χ3v) is 3.33. The van der Waals surface area contributed by atoms with Crippen molar-refractivity contribution in [1.29, 1.82) is 0 Å². The first-order chi connectivity index (χ1) is 8.64.